The van der Waals surface area contributed by atoms with Crippen LogP contribution in [0.3, 0.4) is 0 Å². The number of ether oxygens (including phenoxy) is 1. The highest BCUT2D eigenvalue weighted by molar-refractivity contribution is 5.87. The largest absolute Gasteiger partial charge is 0.507 e. The van der Waals surface area contributed by atoms with Crippen molar-refractivity contribution >= 4 is 10.9 Å². The van der Waals surface area contributed by atoms with E-state index in [0.717, 1.165) is 16.6 Å². The molecular formula is C16H15NO3. The molecule has 0 aliphatic rings. The number of rotatable bonds is 3. The number of para-hydroxylation sites is 2. The second-order valence-corrected chi connectivity index (χ2v) is 4.66. The molecule has 0 amide bonds. The van der Waals surface area contributed by atoms with Gasteiger partial charge in [0, 0.05) is 12.4 Å². The maximum absolute atomic E-state index is 9.84. The van der Waals surface area contributed by atoms with Crippen molar-refractivity contribution in [2.24, 2.45) is 7.05 Å². The van der Waals surface area contributed by atoms with Crippen molar-refractivity contribution in [3.05, 3.63) is 54.2 Å². The lowest BCUT2D eigenvalue weighted by molar-refractivity contribution is 0.282. The Hall–Kier alpha value is -2.62. The number of phenolic OH excluding ortho intramolecular Hbond substituents is 2. The van der Waals surface area contributed by atoms with Crippen LogP contribution in [0.25, 0.3) is 10.9 Å². The zero-order valence-corrected chi connectivity index (χ0v) is 11.1. The topological polar surface area (TPSA) is 54.6 Å². The van der Waals surface area contributed by atoms with Gasteiger partial charge in [-0.1, -0.05) is 18.2 Å². The van der Waals surface area contributed by atoms with Gasteiger partial charge in [-0.2, -0.15) is 0 Å². The number of phenols is 2. The third-order valence-electron chi connectivity index (χ3n) is 3.40. The van der Waals surface area contributed by atoms with Crippen molar-refractivity contribution in [3.63, 3.8) is 0 Å². The Kier molecular flexibility index (Phi) is 2.99. The molecule has 0 bridgehead atoms. The highest BCUT2D eigenvalue weighted by Crippen LogP contribution is 2.29. The summed E-state index contributed by atoms with van der Waals surface area (Å²) in [4.78, 5) is 0. The molecule has 0 atom stereocenters. The van der Waals surface area contributed by atoms with Crippen molar-refractivity contribution in [2.75, 3.05) is 0 Å². The first kappa shape index (κ1) is 12.4. The quantitative estimate of drug-likeness (QED) is 0.768. The zero-order valence-electron chi connectivity index (χ0n) is 11.1. The molecule has 1 aromatic heterocycles. The van der Waals surface area contributed by atoms with Crippen LogP contribution in [-0.4, -0.2) is 14.8 Å². The Labute approximate surface area is 116 Å². The first-order chi connectivity index (χ1) is 9.66. The fraction of sp³-hybridized carbons (Fsp3) is 0.125. The smallest absolute Gasteiger partial charge is 0.161 e. The summed E-state index contributed by atoms with van der Waals surface area (Å²) in [6.45, 7) is 0.322. The van der Waals surface area contributed by atoms with Gasteiger partial charge in [0.05, 0.1) is 11.2 Å². The van der Waals surface area contributed by atoms with E-state index in [0.29, 0.717) is 12.4 Å². The molecule has 0 saturated carbocycles. The number of benzene rings is 2. The third kappa shape index (κ3) is 2.05. The van der Waals surface area contributed by atoms with Crippen LogP contribution >= 0.6 is 0 Å². The SMILES string of the molecule is Cn1c(COc2ccccc2O)cc2c(O)cccc21. The van der Waals surface area contributed by atoms with Crippen LogP contribution in [0.15, 0.2) is 48.5 Å². The number of aromatic hydroxyl groups is 2. The second-order valence-electron chi connectivity index (χ2n) is 4.66. The summed E-state index contributed by atoms with van der Waals surface area (Å²) in [5.74, 6) is 0.822. The van der Waals surface area contributed by atoms with E-state index < -0.39 is 0 Å². The van der Waals surface area contributed by atoms with E-state index in [1.165, 1.54) is 0 Å². The summed E-state index contributed by atoms with van der Waals surface area (Å²) in [6, 6.07) is 14.2. The Morgan fingerprint density at radius 3 is 2.50 bits per heavy atom. The lowest BCUT2D eigenvalue weighted by atomic mass is 10.2. The number of hydrogen-bond acceptors (Lipinski definition) is 3. The summed E-state index contributed by atoms with van der Waals surface area (Å²) in [6.07, 6.45) is 0. The lowest BCUT2D eigenvalue weighted by Gasteiger charge is -2.08. The van der Waals surface area contributed by atoms with Crippen molar-refractivity contribution in [1.29, 1.82) is 0 Å². The molecule has 0 unspecified atom stereocenters. The average molecular weight is 269 g/mol. The molecule has 0 spiro atoms. The van der Waals surface area contributed by atoms with Crippen molar-refractivity contribution < 1.29 is 14.9 Å². The molecule has 20 heavy (non-hydrogen) atoms. The van der Waals surface area contributed by atoms with Crippen LogP contribution in [0.5, 0.6) is 17.2 Å². The molecule has 0 fully saturated rings. The average Bonchev–Trinajstić information content (AvgIpc) is 2.77. The number of nitrogens with zero attached hydrogens (tertiary/aromatic N) is 1. The summed E-state index contributed by atoms with van der Waals surface area (Å²) >= 11 is 0. The van der Waals surface area contributed by atoms with Crippen LogP contribution in [-0.2, 0) is 13.7 Å². The molecule has 4 heteroatoms. The highest BCUT2D eigenvalue weighted by Gasteiger charge is 2.10. The van der Waals surface area contributed by atoms with Crippen LogP contribution in [0.4, 0.5) is 0 Å². The Balaban J connectivity index is 1.90. The first-order valence-electron chi connectivity index (χ1n) is 6.34. The van der Waals surface area contributed by atoms with Gasteiger partial charge in [-0.25, -0.2) is 0 Å². The summed E-state index contributed by atoms with van der Waals surface area (Å²) < 4.78 is 7.59. The number of aromatic nitrogens is 1. The zero-order chi connectivity index (χ0) is 14.1. The van der Waals surface area contributed by atoms with E-state index in [4.69, 9.17) is 4.74 Å². The van der Waals surface area contributed by atoms with Gasteiger partial charge >= 0.3 is 0 Å². The molecule has 4 nitrogen and oxygen atoms in total. The number of hydrogen-bond donors (Lipinski definition) is 2. The maximum atomic E-state index is 9.84. The van der Waals surface area contributed by atoms with Crippen molar-refractivity contribution in [1.82, 2.24) is 4.57 Å². The van der Waals surface area contributed by atoms with Crippen molar-refractivity contribution in [3.8, 4) is 17.2 Å². The lowest BCUT2D eigenvalue weighted by Crippen LogP contribution is -2.01. The van der Waals surface area contributed by atoms with Gasteiger partial charge in [0.25, 0.3) is 0 Å². The first-order valence-corrected chi connectivity index (χ1v) is 6.34. The Morgan fingerprint density at radius 2 is 1.75 bits per heavy atom. The molecule has 3 aromatic rings. The minimum absolute atomic E-state index is 0.120. The Morgan fingerprint density at radius 1 is 1.00 bits per heavy atom. The molecule has 102 valence electrons. The second kappa shape index (κ2) is 4.81. The van der Waals surface area contributed by atoms with Gasteiger partial charge in [-0.05, 0) is 30.3 Å². The summed E-state index contributed by atoms with van der Waals surface area (Å²) in [5, 5.41) is 20.3. The maximum Gasteiger partial charge on any atom is 0.161 e. The van der Waals surface area contributed by atoms with Gasteiger partial charge in [-0.3, -0.25) is 0 Å². The predicted octanol–water partition coefficient (Wildman–Crippen LogP) is 3.17. The molecule has 3 rings (SSSR count). The van der Waals surface area contributed by atoms with Crippen LogP contribution in [0.1, 0.15) is 5.69 Å². The molecule has 0 aliphatic heterocycles. The highest BCUT2D eigenvalue weighted by atomic mass is 16.5. The fourth-order valence-electron chi connectivity index (χ4n) is 2.27. The number of aryl methyl sites for hydroxylation is 1. The van der Waals surface area contributed by atoms with E-state index in [1.807, 2.05) is 35.9 Å². The molecular weight excluding hydrogens is 254 g/mol. The van der Waals surface area contributed by atoms with Gasteiger partial charge < -0.3 is 19.5 Å². The molecule has 2 aromatic carbocycles. The molecule has 0 radical (unpaired) electrons. The van der Waals surface area contributed by atoms with E-state index >= 15 is 0 Å². The Bertz CT molecular complexity index is 762. The van der Waals surface area contributed by atoms with E-state index in [9.17, 15) is 10.2 Å². The molecule has 1 heterocycles. The third-order valence-corrected chi connectivity index (χ3v) is 3.40. The molecule has 0 aliphatic carbocycles. The standard InChI is InChI=1S/C16H15NO3/c1-17-11(9-12-13(17)5-4-7-14(12)18)10-20-16-8-3-2-6-15(16)19/h2-9,18-19H,10H2,1H3. The van der Waals surface area contributed by atoms with E-state index in [1.54, 1.807) is 24.3 Å². The minimum atomic E-state index is 0.120. The van der Waals surface area contributed by atoms with Gasteiger partial charge in [-0.15, -0.1) is 0 Å². The summed E-state index contributed by atoms with van der Waals surface area (Å²) in [7, 11) is 1.92. The predicted molar refractivity (Wildman–Crippen MR) is 77.0 cm³/mol. The molecule has 2 N–H and O–H groups in total. The normalized spacial score (nSPS) is 10.8. The van der Waals surface area contributed by atoms with E-state index in [2.05, 4.69) is 0 Å². The monoisotopic (exact) mass is 269 g/mol. The number of fused-ring (bicyclic) bond motifs is 1. The fourth-order valence-corrected chi connectivity index (χ4v) is 2.27. The summed E-state index contributed by atoms with van der Waals surface area (Å²) in [5.41, 5.74) is 1.87. The van der Waals surface area contributed by atoms with Crippen molar-refractivity contribution in [2.45, 2.75) is 6.61 Å². The van der Waals surface area contributed by atoms with Gasteiger partial charge in [0.1, 0.15) is 12.4 Å². The van der Waals surface area contributed by atoms with Crippen LogP contribution in [0, 0.1) is 0 Å². The minimum Gasteiger partial charge on any atom is -0.507 e. The van der Waals surface area contributed by atoms with Gasteiger partial charge in [0.2, 0.25) is 0 Å². The van der Waals surface area contributed by atoms with Crippen LogP contribution < -0.4 is 4.74 Å². The van der Waals surface area contributed by atoms with Gasteiger partial charge in [0.15, 0.2) is 11.5 Å². The van der Waals surface area contributed by atoms with Crippen LogP contribution in [0.2, 0.25) is 0 Å². The molecule has 0 saturated heterocycles. The van der Waals surface area contributed by atoms with E-state index in [-0.39, 0.29) is 11.5 Å².